The Morgan fingerprint density at radius 3 is 1.97 bits per heavy atom. The van der Waals surface area contributed by atoms with E-state index in [4.69, 9.17) is 5.73 Å². The number of hydrogen-bond donors (Lipinski definition) is 2. The third-order valence-corrected chi connectivity index (χ3v) is 5.36. The average molecular weight is 411 g/mol. The number of rotatable bonds is 13. The van der Waals surface area contributed by atoms with Crippen molar-refractivity contribution in [2.75, 3.05) is 26.2 Å². The fourth-order valence-electron chi connectivity index (χ4n) is 3.52. The zero-order valence-corrected chi connectivity index (χ0v) is 18.1. The van der Waals surface area contributed by atoms with Crippen LogP contribution in [-0.2, 0) is 19.2 Å². The fourth-order valence-corrected chi connectivity index (χ4v) is 3.52. The Morgan fingerprint density at radius 1 is 0.862 bits per heavy atom. The minimum absolute atomic E-state index is 0.00891. The normalized spacial score (nSPS) is 15.1. The zero-order chi connectivity index (χ0) is 21.6. The number of piperazine rings is 1. The van der Waals surface area contributed by atoms with E-state index in [9.17, 15) is 19.2 Å². The quantitative estimate of drug-likeness (QED) is 0.449. The smallest absolute Gasteiger partial charge is 0.245 e. The molecule has 0 aromatic heterocycles. The van der Waals surface area contributed by atoms with Gasteiger partial charge in [-0.05, 0) is 12.8 Å². The molecule has 0 unspecified atom stereocenters. The Kier molecular flexibility index (Phi) is 12.0. The summed E-state index contributed by atoms with van der Waals surface area (Å²) in [5.41, 5.74) is 5.23. The molecule has 1 aliphatic rings. The largest absolute Gasteiger partial charge is 0.370 e. The van der Waals surface area contributed by atoms with E-state index in [-0.39, 0.29) is 30.6 Å². The van der Waals surface area contributed by atoms with Gasteiger partial charge >= 0.3 is 0 Å². The average Bonchev–Trinajstić information content (AvgIpc) is 2.69. The molecule has 1 atom stereocenters. The van der Waals surface area contributed by atoms with Gasteiger partial charge < -0.3 is 20.9 Å². The number of unbranched alkanes of at least 4 members (excludes halogenated alkanes) is 6. The van der Waals surface area contributed by atoms with E-state index >= 15 is 0 Å². The van der Waals surface area contributed by atoms with Crippen LogP contribution in [0.3, 0.4) is 0 Å². The number of nitrogens with one attached hydrogen (secondary N) is 1. The monoisotopic (exact) mass is 410 g/mol. The Bertz CT molecular complexity index is 545. The first-order valence-corrected chi connectivity index (χ1v) is 11.0. The number of carbonyl (C=O) groups is 4. The highest BCUT2D eigenvalue weighted by Crippen LogP contribution is 2.11. The number of carbonyl (C=O) groups excluding carboxylic acids is 4. The van der Waals surface area contributed by atoms with E-state index in [1.807, 2.05) is 0 Å². The lowest BCUT2D eigenvalue weighted by Gasteiger charge is -2.36. The van der Waals surface area contributed by atoms with Crippen LogP contribution in [0.5, 0.6) is 0 Å². The van der Waals surface area contributed by atoms with Gasteiger partial charge in [0.2, 0.25) is 23.6 Å². The van der Waals surface area contributed by atoms with Gasteiger partial charge in [0.25, 0.3) is 0 Å². The van der Waals surface area contributed by atoms with Crippen molar-refractivity contribution in [2.24, 2.45) is 5.73 Å². The van der Waals surface area contributed by atoms with Gasteiger partial charge in [0.15, 0.2) is 0 Å². The van der Waals surface area contributed by atoms with Gasteiger partial charge in [-0.3, -0.25) is 19.2 Å². The minimum Gasteiger partial charge on any atom is -0.370 e. The van der Waals surface area contributed by atoms with Crippen molar-refractivity contribution < 1.29 is 19.2 Å². The van der Waals surface area contributed by atoms with Gasteiger partial charge in [-0.15, -0.1) is 0 Å². The molecule has 1 heterocycles. The first-order chi connectivity index (χ1) is 13.8. The molecular weight excluding hydrogens is 372 g/mol. The van der Waals surface area contributed by atoms with Crippen LogP contribution in [-0.4, -0.2) is 65.6 Å². The van der Waals surface area contributed by atoms with Gasteiger partial charge in [-0.25, -0.2) is 0 Å². The molecule has 0 radical (unpaired) electrons. The second-order valence-corrected chi connectivity index (χ2v) is 7.83. The van der Waals surface area contributed by atoms with E-state index in [1.54, 1.807) is 9.80 Å². The molecule has 1 fully saturated rings. The van der Waals surface area contributed by atoms with Crippen LogP contribution in [0.1, 0.15) is 78.1 Å². The van der Waals surface area contributed by atoms with E-state index in [0.717, 1.165) is 19.3 Å². The standard InChI is InChI=1S/C21H38N4O4/c1-3-4-5-6-7-8-9-10-20(28)23-18(11-12-19(22)27)21(29)25-15-13-24(14-16-25)17(2)26/h18H,3-16H2,1-2H3,(H2,22,27)(H,23,28)/t18-/m0/s1. The van der Waals surface area contributed by atoms with Crippen molar-refractivity contribution in [1.82, 2.24) is 15.1 Å². The molecular formula is C21H38N4O4. The maximum Gasteiger partial charge on any atom is 0.245 e. The summed E-state index contributed by atoms with van der Waals surface area (Å²) < 4.78 is 0. The third kappa shape index (κ3) is 10.3. The SMILES string of the molecule is CCCCCCCCCC(=O)N[C@@H](CCC(N)=O)C(=O)N1CCN(C(C)=O)CC1. The molecule has 29 heavy (non-hydrogen) atoms. The maximum absolute atomic E-state index is 12.9. The first-order valence-electron chi connectivity index (χ1n) is 11.0. The number of hydrogen-bond acceptors (Lipinski definition) is 4. The summed E-state index contributed by atoms with van der Waals surface area (Å²) >= 11 is 0. The van der Waals surface area contributed by atoms with Crippen molar-refractivity contribution in [2.45, 2.75) is 84.1 Å². The minimum atomic E-state index is -0.747. The maximum atomic E-state index is 12.9. The highest BCUT2D eigenvalue weighted by atomic mass is 16.2. The van der Waals surface area contributed by atoms with Crippen molar-refractivity contribution in [3.63, 3.8) is 0 Å². The van der Waals surface area contributed by atoms with Gasteiger partial charge in [-0.2, -0.15) is 0 Å². The molecule has 8 heteroatoms. The Morgan fingerprint density at radius 2 is 1.41 bits per heavy atom. The summed E-state index contributed by atoms with van der Waals surface area (Å²) in [6.07, 6.45) is 8.45. The zero-order valence-electron chi connectivity index (χ0n) is 18.1. The fraction of sp³-hybridized carbons (Fsp3) is 0.810. The van der Waals surface area contributed by atoms with E-state index in [1.165, 1.54) is 32.6 Å². The number of nitrogens with zero attached hydrogens (tertiary/aromatic N) is 2. The summed E-state index contributed by atoms with van der Waals surface area (Å²) in [5, 5.41) is 2.80. The summed E-state index contributed by atoms with van der Waals surface area (Å²) in [7, 11) is 0. The number of nitrogens with two attached hydrogens (primary N) is 1. The van der Waals surface area contributed by atoms with Gasteiger partial charge in [0, 0.05) is 45.9 Å². The molecule has 1 aliphatic heterocycles. The molecule has 166 valence electrons. The van der Waals surface area contributed by atoms with Gasteiger partial charge in [0.1, 0.15) is 6.04 Å². The van der Waals surface area contributed by atoms with Crippen LogP contribution < -0.4 is 11.1 Å². The summed E-state index contributed by atoms with van der Waals surface area (Å²) in [5.74, 6) is -0.873. The number of amides is 4. The predicted octanol–water partition coefficient (Wildman–Crippen LogP) is 1.57. The third-order valence-electron chi connectivity index (χ3n) is 5.36. The highest BCUT2D eigenvalue weighted by Gasteiger charge is 2.29. The van der Waals surface area contributed by atoms with Gasteiger partial charge in [0.05, 0.1) is 0 Å². The molecule has 0 aromatic rings. The molecule has 0 aliphatic carbocycles. The van der Waals surface area contributed by atoms with Gasteiger partial charge in [-0.1, -0.05) is 45.4 Å². The molecule has 1 rings (SSSR count). The molecule has 1 saturated heterocycles. The molecule has 0 bridgehead atoms. The summed E-state index contributed by atoms with van der Waals surface area (Å²) in [6, 6.07) is -0.747. The molecule has 8 nitrogen and oxygen atoms in total. The lowest BCUT2D eigenvalue weighted by molar-refractivity contribution is -0.141. The van der Waals surface area contributed by atoms with Crippen LogP contribution in [0.2, 0.25) is 0 Å². The first kappa shape index (κ1) is 24.9. The van der Waals surface area contributed by atoms with Crippen molar-refractivity contribution >= 4 is 23.6 Å². The van der Waals surface area contributed by atoms with Crippen molar-refractivity contribution in [1.29, 1.82) is 0 Å². The second-order valence-electron chi connectivity index (χ2n) is 7.83. The molecule has 4 amide bonds. The van der Waals surface area contributed by atoms with Crippen molar-refractivity contribution in [3.05, 3.63) is 0 Å². The van der Waals surface area contributed by atoms with E-state index < -0.39 is 11.9 Å². The van der Waals surface area contributed by atoms with E-state index in [2.05, 4.69) is 12.2 Å². The summed E-state index contributed by atoms with van der Waals surface area (Å²) in [4.78, 5) is 51.1. The second kappa shape index (κ2) is 14.0. The van der Waals surface area contributed by atoms with Crippen molar-refractivity contribution in [3.8, 4) is 0 Å². The Labute approximate surface area is 174 Å². The lowest BCUT2D eigenvalue weighted by Crippen LogP contribution is -2.55. The topological polar surface area (TPSA) is 113 Å². The lowest BCUT2D eigenvalue weighted by atomic mass is 10.1. The highest BCUT2D eigenvalue weighted by molar-refractivity contribution is 5.88. The van der Waals surface area contributed by atoms with Crippen LogP contribution in [0.15, 0.2) is 0 Å². The molecule has 0 spiro atoms. The molecule has 0 aromatic carbocycles. The van der Waals surface area contributed by atoms with Crippen LogP contribution >= 0.6 is 0 Å². The Balaban J connectivity index is 2.46. The molecule has 3 N–H and O–H groups in total. The molecule has 0 saturated carbocycles. The van der Waals surface area contributed by atoms with E-state index in [0.29, 0.717) is 32.6 Å². The Hall–Kier alpha value is -2.12. The predicted molar refractivity (Wildman–Crippen MR) is 112 cm³/mol. The van der Waals surface area contributed by atoms with Crippen LogP contribution in [0, 0.1) is 0 Å². The van der Waals surface area contributed by atoms with Crippen LogP contribution in [0.25, 0.3) is 0 Å². The summed E-state index contributed by atoms with van der Waals surface area (Å²) in [6.45, 7) is 5.52. The number of primary amides is 1. The van der Waals surface area contributed by atoms with Crippen LogP contribution in [0.4, 0.5) is 0 Å².